The molecule has 2 aromatic heterocycles. The zero-order valence-corrected chi connectivity index (χ0v) is 10.7. The molecular formula is C9H12N4O2S2. The highest BCUT2D eigenvalue weighted by Crippen LogP contribution is 2.18. The second kappa shape index (κ2) is 4.47. The minimum atomic E-state index is -3.60. The number of hydrogen-bond acceptors (Lipinski definition) is 5. The van der Waals surface area contributed by atoms with E-state index in [1.54, 1.807) is 0 Å². The highest BCUT2D eigenvalue weighted by atomic mass is 32.2. The Hall–Kier alpha value is -1.38. The fraction of sp³-hybridized carbons (Fsp3) is 0.222. The Morgan fingerprint density at radius 3 is 2.88 bits per heavy atom. The number of sulfonamides is 1. The van der Waals surface area contributed by atoms with Gasteiger partial charge in [-0.3, -0.25) is 5.10 Å². The lowest BCUT2D eigenvalue weighted by Gasteiger charge is -2.04. The molecule has 8 heteroatoms. The summed E-state index contributed by atoms with van der Waals surface area (Å²) < 4.78 is 26.2. The summed E-state index contributed by atoms with van der Waals surface area (Å²) in [5.74, 6) is 0.0420. The van der Waals surface area contributed by atoms with Crippen LogP contribution in [0.25, 0.3) is 0 Å². The van der Waals surface area contributed by atoms with Gasteiger partial charge in [-0.1, -0.05) is 0 Å². The summed E-state index contributed by atoms with van der Waals surface area (Å²) in [7, 11) is -3.60. The number of H-pyrrole nitrogens is 1. The lowest BCUT2D eigenvalue weighted by atomic mass is 10.3. The van der Waals surface area contributed by atoms with Crippen molar-refractivity contribution in [3.63, 3.8) is 0 Å². The standard InChI is InChI=1S/C9H12N4O2S2/c1-6-2-3-16-7(6)4-12-17(14,15)8-5-11-13-9(8)10/h2-3,5,12H,4H2,1H3,(H3,10,11,13). The number of nitrogen functional groups attached to an aromatic ring is 1. The number of aromatic nitrogens is 2. The SMILES string of the molecule is Cc1ccsc1CNS(=O)(=O)c1cn[nH]c1N. The van der Waals surface area contributed by atoms with Crippen molar-refractivity contribution in [1.82, 2.24) is 14.9 Å². The molecule has 2 heterocycles. The number of nitrogens with one attached hydrogen (secondary N) is 2. The lowest BCUT2D eigenvalue weighted by molar-refractivity contribution is 0.582. The maximum absolute atomic E-state index is 11.9. The third-order valence-electron chi connectivity index (χ3n) is 2.31. The maximum atomic E-state index is 11.9. The van der Waals surface area contributed by atoms with E-state index in [0.29, 0.717) is 0 Å². The van der Waals surface area contributed by atoms with Crippen LogP contribution in [-0.2, 0) is 16.6 Å². The number of rotatable bonds is 4. The molecule has 92 valence electrons. The Labute approximate surface area is 103 Å². The quantitative estimate of drug-likeness (QED) is 0.767. The summed E-state index contributed by atoms with van der Waals surface area (Å²) in [6.45, 7) is 2.20. The molecular weight excluding hydrogens is 260 g/mol. The molecule has 17 heavy (non-hydrogen) atoms. The molecule has 0 aliphatic rings. The van der Waals surface area contributed by atoms with Crippen LogP contribution in [0.1, 0.15) is 10.4 Å². The predicted octanol–water partition coefficient (Wildman–Crippen LogP) is 0.840. The molecule has 0 saturated heterocycles. The van der Waals surface area contributed by atoms with Gasteiger partial charge in [0, 0.05) is 11.4 Å². The maximum Gasteiger partial charge on any atom is 0.246 e. The molecule has 2 aromatic rings. The first kappa shape index (κ1) is 12.1. The van der Waals surface area contributed by atoms with Gasteiger partial charge in [-0.15, -0.1) is 11.3 Å². The van der Waals surface area contributed by atoms with E-state index in [1.165, 1.54) is 17.5 Å². The van der Waals surface area contributed by atoms with Crippen molar-refractivity contribution in [1.29, 1.82) is 0 Å². The van der Waals surface area contributed by atoms with E-state index in [4.69, 9.17) is 5.73 Å². The molecule has 6 nitrogen and oxygen atoms in total. The molecule has 0 bridgehead atoms. The van der Waals surface area contributed by atoms with Crippen molar-refractivity contribution in [2.45, 2.75) is 18.4 Å². The minimum Gasteiger partial charge on any atom is -0.383 e. The van der Waals surface area contributed by atoms with E-state index in [9.17, 15) is 8.42 Å². The van der Waals surface area contributed by atoms with Gasteiger partial charge in [0.2, 0.25) is 10.0 Å². The summed E-state index contributed by atoms with van der Waals surface area (Å²) in [5, 5.41) is 7.90. The number of nitrogens with two attached hydrogens (primary N) is 1. The first-order valence-corrected chi connectivity index (χ1v) is 7.18. The van der Waals surface area contributed by atoms with Gasteiger partial charge in [-0.25, -0.2) is 13.1 Å². The van der Waals surface area contributed by atoms with E-state index in [1.807, 2.05) is 18.4 Å². The van der Waals surface area contributed by atoms with Gasteiger partial charge in [0.1, 0.15) is 10.7 Å². The van der Waals surface area contributed by atoms with Crippen molar-refractivity contribution in [2.24, 2.45) is 0 Å². The average Bonchev–Trinajstić information content (AvgIpc) is 2.85. The fourth-order valence-corrected chi connectivity index (χ4v) is 3.28. The van der Waals surface area contributed by atoms with Gasteiger partial charge in [-0.2, -0.15) is 5.10 Å². The van der Waals surface area contributed by atoms with E-state index in [-0.39, 0.29) is 17.3 Å². The van der Waals surface area contributed by atoms with Crippen LogP contribution < -0.4 is 10.5 Å². The van der Waals surface area contributed by atoms with Crippen molar-refractivity contribution in [3.05, 3.63) is 28.1 Å². The third kappa shape index (κ3) is 2.48. The van der Waals surface area contributed by atoms with Crippen LogP contribution in [0.5, 0.6) is 0 Å². The molecule has 0 amide bonds. The van der Waals surface area contributed by atoms with Crippen LogP contribution in [0, 0.1) is 6.92 Å². The highest BCUT2D eigenvalue weighted by molar-refractivity contribution is 7.89. The lowest BCUT2D eigenvalue weighted by Crippen LogP contribution is -2.23. The van der Waals surface area contributed by atoms with Gasteiger partial charge in [-0.05, 0) is 23.9 Å². The zero-order chi connectivity index (χ0) is 12.5. The number of thiophene rings is 1. The molecule has 0 saturated carbocycles. The molecule has 0 fully saturated rings. The van der Waals surface area contributed by atoms with E-state index in [2.05, 4.69) is 14.9 Å². The normalized spacial score (nSPS) is 11.8. The number of aryl methyl sites for hydroxylation is 1. The fourth-order valence-electron chi connectivity index (χ4n) is 1.32. The topological polar surface area (TPSA) is 101 Å². The van der Waals surface area contributed by atoms with Crippen molar-refractivity contribution < 1.29 is 8.42 Å². The van der Waals surface area contributed by atoms with Gasteiger partial charge in [0.15, 0.2) is 0 Å². The van der Waals surface area contributed by atoms with Gasteiger partial charge < -0.3 is 5.73 Å². The molecule has 0 aliphatic heterocycles. The molecule has 0 unspecified atom stereocenters. The molecule has 0 spiro atoms. The monoisotopic (exact) mass is 272 g/mol. The Morgan fingerprint density at radius 2 is 2.35 bits per heavy atom. The van der Waals surface area contributed by atoms with Crippen LogP contribution in [0.4, 0.5) is 5.82 Å². The average molecular weight is 272 g/mol. The van der Waals surface area contributed by atoms with E-state index < -0.39 is 10.0 Å². The summed E-state index contributed by atoms with van der Waals surface area (Å²) in [6.07, 6.45) is 1.19. The van der Waals surface area contributed by atoms with E-state index >= 15 is 0 Å². The van der Waals surface area contributed by atoms with Crippen LogP contribution in [0.2, 0.25) is 0 Å². The first-order valence-electron chi connectivity index (χ1n) is 4.82. The number of nitrogens with zero attached hydrogens (tertiary/aromatic N) is 1. The summed E-state index contributed by atoms with van der Waals surface area (Å²) >= 11 is 1.51. The Balaban J connectivity index is 2.15. The smallest absolute Gasteiger partial charge is 0.246 e. The summed E-state index contributed by atoms with van der Waals surface area (Å²) in [6, 6.07) is 1.94. The van der Waals surface area contributed by atoms with E-state index in [0.717, 1.165) is 10.4 Å². The first-order chi connectivity index (χ1) is 8.00. The summed E-state index contributed by atoms with van der Waals surface area (Å²) in [4.78, 5) is 0.961. The Morgan fingerprint density at radius 1 is 1.59 bits per heavy atom. The molecule has 4 N–H and O–H groups in total. The second-order valence-corrected chi connectivity index (χ2v) is 6.24. The van der Waals surface area contributed by atoms with Crippen LogP contribution in [0.3, 0.4) is 0 Å². The molecule has 0 atom stereocenters. The van der Waals surface area contributed by atoms with Gasteiger partial charge in [0.05, 0.1) is 6.20 Å². The molecule has 0 radical (unpaired) electrons. The molecule has 0 aromatic carbocycles. The zero-order valence-electron chi connectivity index (χ0n) is 9.10. The van der Waals surface area contributed by atoms with Gasteiger partial charge in [0.25, 0.3) is 0 Å². The second-order valence-electron chi connectivity index (χ2n) is 3.50. The van der Waals surface area contributed by atoms with Crippen molar-refractivity contribution >= 4 is 27.2 Å². The largest absolute Gasteiger partial charge is 0.383 e. The number of hydrogen-bond donors (Lipinski definition) is 3. The van der Waals surface area contributed by atoms with Crippen LogP contribution in [-0.4, -0.2) is 18.6 Å². The van der Waals surface area contributed by atoms with Crippen molar-refractivity contribution in [2.75, 3.05) is 5.73 Å². The highest BCUT2D eigenvalue weighted by Gasteiger charge is 2.19. The van der Waals surface area contributed by atoms with Gasteiger partial charge >= 0.3 is 0 Å². The van der Waals surface area contributed by atoms with Crippen LogP contribution >= 0.6 is 11.3 Å². The number of aromatic amines is 1. The minimum absolute atomic E-state index is 0.0216. The van der Waals surface area contributed by atoms with Crippen molar-refractivity contribution in [3.8, 4) is 0 Å². The third-order valence-corrected chi connectivity index (χ3v) is 4.76. The Kier molecular flexibility index (Phi) is 3.18. The summed E-state index contributed by atoms with van der Waals surface area (Å²) in [5.41, 5.74) is 6.54. The molecule has 2 rings (SSSR count). The molecule has 0 aliphatic carbocycles. The Bertz CT molecular complexity index is 614. The predicted molar refractivity (Wildman–Crippen MR) is 66.1 cm³/mol. The number of anilines is 1. The van der Waals surface area contributed by atoms with Crippen LogP contribution in [0.15, 0.2) is 22.5 Å².